The molecule has 1 rings (SSSR count). The van der Waals surface area contributed by atoms with Gasteiger partial charge in [0.25, 0.3) is 0 Å². The van der Waals surface area contributed by atoms with Crippen molar-refractivity contribution in [2.75, 3.05) is 13.6 Å². The third-order valence-corrected chi connectivity index (χ3v) is 3.94. The van der Waals surface area contributed by atoms with Crippen LogP contribution in [0.25, 0.3) is 0 Å². The van der Waals surface area contributed by atoms with Gasteiger partial charge in [0.1, 0.15) is 5.92 Å². The summed E-state index contributed by atoms with van der Waals surface area (Å²) < 4.78 is 38.4. The van der Waals surface area contributed by atoms with Crippen molar-refractivity contribution in [2.45, 2.75) is 50.7 Å². The van der Waals surface area contributed by atoms with E-state index in [0.717, 1.165) is 25.7 Å². The maximum atomic E-state index is 12.8. The zero-order chi connectivity index (χ0) is 13.8. The minimum atomic E-state index is -4.34. The number of hydrogen-bond acceptors (Lipinski definition) is 2. The van der Waals surface area contributed by atoms with Crippen LogP contribution in [0.15, 0.2) is 0 Å². The fourth-order valence-corrected chi connectivity index (χ4v) is 2.70. The van der Waals surface area contributed by atoms with Crippen molar-refractivity contribution in [2.24, 2.45) is 11.7 Å². The van der Waals surface area contributed by atoms with Gasteiger partial charge in [-0.2, -0.15) is 13.2 Å². The predicted octanol–water partition coefficient (Wildman–Crippen LogP) is 3.11. The fourth-order valence-electron chi connectivity index (χ4n) is 2.49. The lowest BCUT2D eigenvalue weighted by atomic mass is 10.0. The molecule has 0 radical (unpaired) electrons. The lowest BCUT2D eigenvalue weighted by Crippen LogP contribution is -2.45. The Morgan fingerprint density at radius 1 is 1.28 bits per heavy atom. The van der Waals surface area contributed by atoms with Crippen molar-refractivity contribution in [3.05, 3.63) is 0 Å². The van der Waals surface area contributed by atoms with E-state index in [2.05, 4.69) is 12.2 Å². The highest BCUT2D eigenvalue weighted by molar-refractivity contribution is 7.80. The fraction of sp³-hybridized carbons (Fsp3) is 0.917. The third kappa shape index (κ3) is 4.72. The summed E-state index contributed by atoms with van der Waals surface area (Å²) >= 11 is 4.54. The third-order valence-electron chi connectivity index (χ3n) is 3.66. The number of rotatable bonds is 4. The summed E-state index contributed by atoms with van der Waals surface area (Å²) in [5.41, 5.74) is 5.22. The highest BCUT2D eigenvalue weighted by Gasteiger charge is 2.42. The van der Waals surface area contributed by atoms with Gasteiger partial charge in [-0.15, -0.1) is 0 Å². The molecule has 0 saturated heterocycles. The monoisotopic (exact) mass is 282 g/mol. The molecule has 0 bridgehead atoms. The first-order chi connectivity index (χ1) is 8.32. The van der Waals surface area contributed by atoms with Crippen LogP contribution in [0.5, 0.6) is 0 Å². The number of nitrogens with two attached hydrogens (primary N) is 1. The Balaban J connectivity index is 2.59. The second-order valence-electron chi connectivity index (χ2n) is 5.08. The molecule has 0 amide bonds. The zero-order valence-corrected chi connectivity index (χ0v) is 11.5. The maximum absolute atomic E-state index is 12.8. The molecule has 18 heavy (non-hydrogen) atoms. The van der Waals surface area contributed by atoms with Crippen LogP contribution in [-0.4, -0.2) is 35.7 Å². The van der Waals surface area contributed by atoms with Crippen LogP contribution in [0.2, 0.25) is 0 Å². The number of thiocarbonyl (C=S) groups is 1. The number of alkyl halides is 3. The van der Waals surface area contributed by atoms with Gasteiger partial charge in [-0.05, 0) is 19.9 Å². The SMILES string of the molecule is CN(CC(C(N)=S)C(F)(F)F)C1CCCCCC1. The van der Waals surface area contributed by atoms with Crippen molar-refractivity contribution in [3.63, 3.8) is 0 Å². The van der Waals surface area contributed by atoms with Crippen molar-refractivity contribution in [3.8, 4) is 0 Å². The van der Waals surface area contributed by atoms with E-state index >= 15 is 0 Å². The molecular weight excluding hydrogens is 261 g/mol. The van der Waals surface area contributed by atoms with Crippen LogP contribution >= 0.6 is 12.2 Å². The molecule has 0 aromatic rings. The van der Waals surface area contributed by atoms with Crippen LogP contribution < -0.4 is 5.73 Å². The first-order valence-electron chi connectivity index (χ1n) is 6.38. The minimum absolute atomic E-state index is 0.122. The van der Waals surface area contributed by atoms with Crippen LogP contribution in [0.4, 0.5) is 13.2 Å². The molecule has 1 saturated carbocycles. The average molecular weight is 282 g/mol. The van der Waals surface area contributed by atoms with Gasteiger partial charge < -0.3 is 10.6 Å². The quantitative estimate of drug-likeness (QED) is 0.634. The first-order valence-corrected chi connectivity index (χ1v) is 6.79. The second kappa shape index (κ2) is 6.70. The highest BCUT2D eigenvalue weighted by Crippen LogP contribution is 2.29. The molecule has 0 aromatic carbocycles. The molecule has 0 aliphatic heterocycles. The van der Waals surface area contributed by atoms with Crippen molar-refractivity contribution < 1.29 is 13.2 Å². The van der Waals surface area contributed by atoms with Gasteiger partial charge in [0.2, 0.25) is 0 Å². The van der Waals surface area contributed by atoms with Crippen molar-refractivity contribution in [1.82, 2.24) is 4.90 Å². The molecule has 1 unspecified atom stereocenters. The Labute approximate surface area is 112 Å². The van der Waals surface area contributed by atoms with Crippen LogP contribution in [0.1, 0.15) is 38.5 Å². The summed E-state index contributed by atoms with van der Waals surface area (Å²) in [5, 5.41) is 0. The Kier molecular flexibility index (Phi) is 5.85. The van der Waals surface area contributed by atoms with Gasteiger partial charge in [-0.3, -0.25) is 0 Å². The molecule has 1 atom stereocenters. The van der Waals surface area contributed by atoms with E-state index in [1.165, 1.54) is 12.8 Å². The van der Waals surface area contributed by atoms with Gasteiger partial charge in [-0.25, -0.2) is 0 Å². The normalized spacial score (nSPS) is 20.7. The topological polar surface area (TPSA) is 29.3 Å². The molecule has 0 spiro atoms. The Morgan fingerprint density at radius 3 is 2.17 bits per heavy atom. The highest BCUT2D eigenvalue weighted by atomic mass is 32.1. The Hall–Kier alpha value is -0.360. The number of nitrogens with zero attached hydrogens (tertiary/aromatic N) is 1. The largest absolute Gasteiger partial charge is 0.399 e. The summed E-state index contributed by atoms with van der Waals surface area (Å²) in [5.74, 6) is -1.69. The smallest absolute Gasteiger partial charge is 0.393 e. The lowest BCUT2D eigenvalue weighted by Gasteiger charge is -2.31. The standard InChI is InChI=1S/C12H21F3N2S/c1-17(9-6-4-2-3-5-7-9)8-10(11(16)18)12(13,14)15/h9-10H,2-8H2,1H3,(H2,16,18). The predicted molar refractivity (Wildman–Crippen MR) is 70.5 cm³/mol. The van der Waals surface area contributed by atoms with E-state index in [1.807, 2.05) is 0 Å². The molecule has 1 fully saturated rings. The van der Waals surface area contributed by atoms with E-state index in [0.29, 0.717) is 0 Å². The molecule has 0 heterocycles. The summed E-state index contributed by atoms with van der Waals surface area (Å²) in [7, 11) is 1.74. The van der Waals surface area contributed by atoms with Crippen LogP contribution in [0, 0.1) is 5.92 Å². The second-order valence-corrected chi connectivity index (χ2v) is 5.55. The lowest BCUT2D eigenvalue weighted by molar-refractivity contribution is -0.159. The molecular formula is C12H21F3N2S. The van der Waals surface area contributed by atoms with Gasteiger partial charge in [0, 0.05) is 12.6 Å². The number of halogens is 3. The molecule has 2 N–H and O–H groups in total. The van der Waals surface area contributed by atoms with E-state index < -0.39 is 17.1 Å². The Bertz CT molecular complexity index is 273. The van der Waals surface area contributed by atoms with E-state index in [1.54, 1.807) is 11.9 Å². The van der Waals surface area contributed by atoms with Crippen molar-refractivity contribution >= 4 is 17.2 Å². The van der Waals surface area contributed by atoms with Crippen LogP contribution in [0.3, 0.4) is 0 Å². The molecule has 1 aliphatic rings. The van der Waals surface area contributed by atoms with Gasteiger partial charge in [-0.1, -0.05) is 37.9 Å². The van der Waals surface area contributed by atoms with Gasteiger partial charge in [0.05, 0.1) is 4.99 Å². The van der Waals surface area contributed by atoms with Crippen molar-refractivity contribution in [1.29, 1.82) is 0 Å². The van der Waals surface area contributed by atoms with Gasteiger partial charge in [0.15, 0.2) is 0 Å². The van der Waals surface area contributed by atoms with Crippen LogP contribution in [-0.2, 0) is 0 Å². The number of hydrogen-bond donors (Lipinski definition) is 1. The summed E-state index contributed by atoms with van der Waals surface area (Å²) in [6.07, 6.45) is 2.16. The summed E-state index contributed by atoms with van der Waals surface area (Å²) in [6.45, 7) is -0.122. The summed E-state index contributed by atoms with van der Waals surface area (Å²) in [4.78, 5) is 1.32. The maximum Gasteiger partial charge on any atom is 0.399 e. The molecule has 6 heteroatoms. The first kappa shape index (κ1) is 15.7. The zero-order valence-electron chi connectivity index (χ0n) is 10.7. The molecule has 1 aliphatic carbocycles. The van der Waals surface area contributed by atoms with E-state index in [9.17, 15) is 13.2 Å². The molecule has 106 valence electrons. The minimum Gasteiger partial charge on any atom is -0.393 e. The van der Waals surface area contributed by atoms with Gasteiger partial charge >= 0.3 is 6.18 Å². The Morgan fingerprint density at radius 2 is 1.78 bits per heavy atom. The molecule has 2 nitrogen and oxygen atoms in total. The van der Waals surface area contributed by atoms with E-state index in [4.69, 9.17) is 5.73 Å². The molecule has 0 aromatic heterocycles. The summed E-state index contributed by atoms with van der Waals surface area (Å²) in [6, 6.07) is 0.228. The van der Waals surface area contributed by atoms with E-state index in [-0.39, 0.29) is 12.6 Å². The average Bonchev–Trinajstić information content (AvgIpc) is 2.51.